The zero-order chi connectivity index (χ0) is 54.8. The molecule has 9 rings (SSSR count). The van der Waals surface area contributed by atoms with Gasteiger partial charge in [0.1, 0.15) is 34.9 Å². The van der Waals surface area contributed by atoms with Crippen LogP contribution >= 0.6 is 22.9 Å². The Hall–Kier alpha value is -7.63. The van der Waals surface area contributed by atoms with E-state index in [-0.39, 0.29) is 43.7 Å². The van der Waals surface area contributed by atoms with Crippen LogP contribution in [0, 0.1) is 34.6 Å². The lowest BCUT2D eigenvalue weighted by Crippen LogP contribution is -2.35. The number of methoxy groups -OCH3 is 2. The fourth-order valence-corrected chi connectivity index (χ4v) is 10.4. The number of rotatable bonds is 22. The third-order valence-corrected chi connectivity index (χ3v) is 14.4. The molecule has 404 valence electrons. The average molecular weight is 1090 g/mol. The molecule has 77 heavy (non-hydrogen) atoms. The molecule has 23 heteroatoms. The summed E-state index contributed by atoms with van der Waals surface area (Å²) in [5.74, 6) is 1.94. The summed E-state index contributed by atoms with van der Waals surface area (Å²) in [4.78, 5) is 64.9. The quantitative estimate of drug-likeness (QED) is 0.0398. The Balaban J connectivity index is 0.000000236. The summed E-state index contributed by atoms with van der Waals surface area (Å²) in [6, 6.07) is 16.0. The van der Waals surface area contributed by atoms with Gasteiger partial charge in [-0.1, -0.05) is 35.0 Å². The topological polar surface area (TPSA) is 243 Å². The summed E-state index contributed by atoms with van der Waals surface area (Å²) in [6.07, 6.45) is 4.02. The molecule has 2 aromatic carbocycles. The van der Waals surface area contributed by atoms with Crippen LogP contribution in [0.5, 0.6) is 5.75 Å². The number of fused-ring (bicyclic) bond motifs is 6. The van der Waals surface area contributed by atoms with Crippen molar-refractivity contribution in [1.29, 1.82) is 0 Å². The molecule has 7 heterocycles. The summed E-state index contributed by atoms with van der Waals surface area (Å²) in [5.41, 5.74) is 8.34. The first-order valence-electron chi connectivity index (χ1n) is 24.8. The van der Waals surface area contributed by atoms with Gasteiger partial charge in [-0.15, -0.1) is 21.5 Å². The molecule has 2 atom stereocenters. The first-order valence-corrected chi connectivity index (χ1v) is 26.0. The molecule has 0 radical (unpaired) electrons. The van der Waals surface area contributed by atoms with E-state index < -0.39 is 12.1 Å². The molecule has 0 spiro atoms. The number of benzene rings is 2. The molecule has 1 aliphatic heterocycles. The maximum atomic E-state index is 14.1. The summed E-state index contributed by atoms with van der Waals surface area (Å²) < 4.78 is 37.5. The lowest BCUT2D eigenvalue weighted by atomic mass is 9.99. The number of aromatic nitrogens is 8. The average Bonchev–Trinajstić information content (AvgIpc) is 4.29. The second-order valence-electron chi connectivity index (χ2n) is 17.9. The SMILES string of the molecule is COC(=O)CC1N=C(c2ccc(Cl)cc2)c2c(sc(C)c2C)-n2c(C)nnc21.COc1cc2c(cc1-c1c(C)noc1C)ncc1c2n(C(C)c2ccccn2)c(=O)n1CC(=O)NCCOCCOCCOCCNC=O. The van der Waals surface area contributed by atoms with Crippen LogP contribution in [0.25, 0.3) is 38.1 Å². The molecule has 0 saturated carbocycles. The standard InChI is InChI=1S/C34H41N7O8.C20H19ClN4O2S/c1-22-32(24(3)49-39-22)26-17-28-25(18-30(26)45-4)33-29(19-38-28)40(34(44)41(33)23(2)27-7-5-6-8-36-27)20-31(43)37-10-12-47-14-16-48-15-13-46-11-9-35-21-42;1-10-11(2)28-20-17(10)18(13-5-7-14(21)8-6-13)22-15(9-16(26)27-4)19-24-23-12(3)25(19)20/h5-8,17-19,21,23H,9-16,20H2,1-4H3,(H,35,42)(H,37,43);5-8,15H,9H2,1-4H3. The van der Waals surface area contributed by atoms with Gasteiger partial charge in [-0.3, -0.25) is 43.0 Å². The van der Waals surface area contributed by atoms with E-state index in [1.807, 2.05) is 86.9 Å². The third kappa shape index (κ3) is 12.3. The smallest absolute Gasteiger partial charge is 0.330 e. The van der Waals surface area contributed by atoms with E-state index in [0.717, 1.165) is 50.0 Å². The van der Waals surface area contributed by atoms with Crippen molar-refractivity contribution in [2.24, 2.45) is 4.99 Å². The predicted octanol–water partition coefficient (Wildman–Crippen LogP) is 6.91. The molecule has 1 aliphatic rings. The molecular formula is C54H60ClN11O10S. The minimum Gasteiger partial charge on any atom is -0.496 e. The highest BCUT2D eigenvalue weighted by atomic mass is 35.5. The van der Waals surface area contributed by atoms with Crippen LogP contribution in [0.3, 0.4) is 0 Å². The number of aliphatic imine (C=N–C) groups is 1. The lowest BCUT2D eigenvalue weighted by Gasteiger charge is -2.15. The van der Waals surface area contributed by atoms with Gasteiger partial charge in [0.25, 0.3) is 0 Å². The van der Waals surface area contributed by atoms with E-state index in [0.29, 0.717) is 96.0 Å². The number of thiophene rings is 1. The van der Waals surface area contributed by atoms with E-state index in [9.17, 15) is 19.2 Å². The van der Waals surface area contributed by atoms with Crippen LogP contribution in [0.15, 0.2) is 81.3 Å². The second-order valence-corrected chi connectivity index (χ2v) is 19.5. The number of carbonyl (C=O) groups excluding carboxylic acids is 3. The summed E-state index contributed by atoms with van der Waals surface area (Å²) >= 11 is 7.77. The first-order chi connectivity index (χ1) is 37.3. The highest BCUT2D eigenvalue weighted by Gasteiger charge is 2.33. The summed E-state index contributed by atoms with van der Waals surface area (Å²) in [7, 11) is 2.96. The van der Waals surface area contributed by atoms with E-state index in [1.54, 1.807) is 35.4 Å². The molecule has 2 amide bonds. The summed E-state index contributed by atoms with van der Waals surface area (Å²) in [5, 5.41) is 20.4. The van der Waals surface area contributed by atoms with Crippen molar-refractivity contribution in [3.8, 4) is 21.9 Å². The van der Waals surface area contributed by atoms with Crippen molar-refractivity contribution in [3.63, 3.8) is 0 Å². The number of carbonyl (C=O) groups is 3. The van der Waals surface area contributed by atoms with Gasteiger partial charge in [-0.25, -0.2) is 4.79 Å². The predicted molar refractivity (Wildman–Crippen MR) is 291 cm³/mol. The number of imidazole rings is 1. The Labute approximate surface area is 452 Å². The molecule has 6 aromatic heterocycles. The van der Waals surface area contributed by atoms with Crippen LogP contribution in [-0.2, 0) is 39.9 Å². The Kier molecular flexibility index (Phi) is 18.4. The van der Waals surface area contributed by atoms with E-state index in [2.05, 4.69) is 44.8 Å². The number of ether oxygens (including phenoxy) is 5. The number of hydrogen-bond acceptors (Lipinski definition) is 17. The first kappa shape index (κ1) is 55.6. The molecule has 2 N–H and O–H groups in total. The van der Waals surface area contributed by atoms with E-state index in [1.165, 1.54) is 16.6 Å². The number of nitrogens with zero attached hydrogens (tertiary/aromatic N) is 9. The molecule has 2 unspecified atom stereocenters. The van der Waals surface area contributed by atoms with Crippen LogP contribution in [-0.4, -0.2) is 130 Å². The van der Waals surface area contributed by atoms with E-state index >= 15 is 0 Å². The van der Waals surface area contributed by atoms with Gasteiger partial charge < -0.3 is 38.8 Å². The molecule has 8 aromatic rings. The highest BCUT2D eigenvalue weighted by molar-refractivity contribution is 7.15. The fourth-order valence-electron chi connectivity index (χ4n) is 9.04. The number of aryl methyl sites for hydroxylation is 4. The van der Waals surface area contributed by atoms with Gasteiger partial charge in [0.2, 0.25) is 12.3 Å². The zero-order valence-corrected chi connectivity index (χ0v) is 45.6. The van der Waals surface area contributed by atoms with Gasteiger partial charge in [0.15, 0.2) is 5.82 Å². The Morgan fingerprint density at radius 1 is 0.909 bits per heavy atom. The lowest BCUT2D eigenvalue weighted by molar-refractivity contribution is -0.141. The van der Waals surface area contributed by atoms with Crippen molar-refractivity contribution in [2.45, 2.75) is 66.6 Å². The number of amides is 2. The van der Waals surface area contributed by atoms with E-state index in [4.69, 9.17) is 49.8 Å². The van der Waals surface area contributed by atoms with Gasteiger partial charge in [0.05, 0.1) is 112 Å². The number of halogens is 1. The van der Waals surface area contributed by atoms with Gasteiger partial charge >= 0.3 is 11.7 Å². The van der Waals surface area contributed by atoms with Gasteiger partial charge in [-0.2, -0.15) is 0 Å². The molecule has 21 nitrogen and oxygen atoms in total. The zero-order valence-electron chi connectivity index (χ0n) is 44.0. The minimum atomic E-state index is -0.487. The molecular weight excluding hydrogens is 1030 g/mol. The molecule has 0 aliphatic carbocycles. The number of esters is 1. The molecule has 0 fully saturated rings. The minimum absolute atomic E-state index is 0.0959. The van der Waals surface area contributed by atoms with Crippen LogP contribution in [0.2, 0.25) is 5.02 Å². The number of nitrogens with one attached hydrogen (secondary N) is 2. The van der Waals surface area contributed by atoms with Crippen molar-refractivity contribution in [2.75, 3.05) is 67.0 Å². The normalized spacial score (nSPS) is 13.3. The fraction of sp³-hybridized carbons (Fsp3) is 0.370. The Morgan fingerprint density at radius 3 is 2.30 bits per heavy atom. The van der Waals surface area contributed by atoms with Gasteiger partial charge in [0, 0.05) is 51.3 Å². The van der Waals surface area contributed by atoms with Crippen molar-refractivity contribution in [3.05, 3.63) is 133 Å². The van der Waals surface area contributed by atoms with Crippen molar-refractivity contribution >= 4 is 68.9 Å². The van der Waals surface area contributed by atoms with Crippen molar-refractivity contribution in [1.82, 2.24) is 49.7 Å². The maximum absolute atomic E-state index is 14.1. The Morgan fingerprint density at radius 2 is 1.64 bits per heavy atom. The van der Waals surface area contributed by atoms with Crippen LogP contribution < -0.4 is 21.1 Å². The monoisotopic (exact) mass is 1090 g/mol. The van der Waals surface area contributed by atoms with Crippen LogP contribution in [0.1, 0.15) is 75.8 Å². The number of hydrogen-bond donors (Lipinski definition) is 2. The maximum Gasteiger partial charge on any atom is 0.330 e. The Bertz CT molecular complexity index is 3460. The summed E-state index contributed by atoms with van der Waals surface area (Å²) in [6.45, 7) is 14.4. The molecule has 0 bridgehead atoms. The highest BCUT2D eigenvalue weighted by Crippen LogP contribution is 2.41. The third-order valence-electron chi connectivity index (χ3n) is 12.9. The second kappa shape index (κ2) is 25.5. The van der Waals surface area contributed by atoms with Gasteiger partial charge in [-0.05, 0) is 83.5 Å². The number of pyridine rings is 2. The largest absolute Gasteiger partial charge is 0.496 e. The van der Waals surface area contributed by atoms with Crippen molar-refractivity contribution < 1.29 is 42.6 Å². The molecule has 0 saturated heterocycles. The van der Waals surface area contributed by atoms with Crippen LogP contribution in [0.4, 0.5) is 0 Å².